The van der Waals surface area contributed by atoms with Crippen molar-refractivity contribution in [1.29, 1.82) is 0 Å². The van der Waals surface area contributed by atoms with E-state index in [4.69, 9.17) is 66.3 Å². The number of rotatable bonds is 31. The number of carbonyl (C=O) groups is 3. The molecule has 3 aliphatic rings. The van der Waals surface area contributed by atoms with E-state index in [0.29, 0.717) is 11.1 Å². The maximum Gasteiger partial charge on any atom is 0.337 e. The first kappa shape index (κ1) is 67.1. The molecule has 2 N–H and O–H groups in total. The second-order valence-corrected chi connectivity index (χ2v) is 22.8. The highest BCUT2D eigenvalue weighted by atomic mass is 16.8. The number of carboxylic acids is 2. The largest absolute Gasteiger partial charge is 0.479 e. The van der Waals surface area contributed by atoms with E-state index in [0.717, 1.165) is 33.4 Å². The SMILES string of the molecule is COC(=O)[C@H]1O[C@@H](OCc2ccccc2)[C@H](OCc2ccccc2)[C@@H](OCc2ccccc2)[C@H]1O[C@H]1O[C@H](C(=O)O)[C@H](O[C@H]2O[C@H](C(=O)O)[C@H](OCc3ccccc3)[C@H](OCc3ccccc3)[C@H]2OCc2ccccc2)[C@H](OCc2ccccc2)[C@H]1OCc1ccccc1. The van der Waals surface area contributed by atoms with Gasteiger partial charge in [0.1, 0.15) is 54.9 Å². The number of benzene rings is 8. The minimum atomic E-state index is -2.04. The van der Waals surface area contributed by atoms with Crippen molar-refractivity contribution >= 4 is 17.9 Å². The second kappa shape index (κ2) is 34.2. The van der Waals surface area contributed by atoms with Crippen LogP contribution in [0.25, 0.3) is 0 Å². The quantitative estimate of drug-likeness (QED) is 0.0386. The van der Waals surface area contributed by atoms with Crippen molar-refractivity contribution in [1.82, 2.24) is 0 Å². The van der Waals surface area contributed by atoms with E-state index in [1.165, 1.54) is 7.11 Å². The number of aliphatic carboxylic acids is 2. The molecule has 0 unspecified atom stereocenters. The monoisotopic (exact) mass is 1280 g/mol. The summed E-state index contributed by atoms with van der Waals surface area (Å²) >= 11 is 0. The van der Waals surface area contributed by atoms with Gasteiger partial charge in [-0.1, -0.05) is 243 Å². The van der Waals surface area contributed by atoms with Crippen LogP contribution >= 0.6 is 0 Å². The summed E-state index contributed by atoms with van der Waals surface area (Å²) in [5.41, 5.74) is 5.95. The van der Waals surface area contributed by atoms with Crippen molar-refractivity contribution in [3.05, 3.63) is 287 Å². The van der Waals surface area contributed by atoms with Gasteiger partial charge in [0.2, 0.25) is 0 Å². The number of hydrogen-bond donors (Lipinski definition) is 2. The summed E-state index contributed by atoms with van der Waals surface area (Å²) in [5.74, 6) is -3.87. The molecule has 0 amide bonds. The standard InChI is InChI=1S/C75H76O19/c1-81-72(80)66-63(61(85-45-53-32-16-5-17-33-53)67(86-46-54-34-18-6-19-35-54)73(94-66)89-49-57-40-24-9-25-41-57)91-75-69(88-48-56-38-22-8-23-39-56)60(84-44-52-30-14-4-15-31-52)62(65(93-75)71(78)79)90-74-68(87-47-55-36-20-7-21-37-55)59(83-43-51-28-12-3-13-29-51)58(64(92-74)70(76)77)82-42-50-26-10-2-11-27-50/h2-41,58-69,73-75H,42-49H2,1H3,(H,76,77)(H,78,79)/t58-,59+,60+,61+,62-,63-,64+,65+,66+,67-,68-,69-,73-,74+,75+/m1/s1. The van der Waals surface area contributed by atoms with Gasteiger partial charge in [-0.15, -0.1) is 0 Å². The molecule has 19 nitrogen and oxygen atoms in total. The van der Waals surface area contributed by atoms with Crippen LogP contribution in [0.3, 0.4) is 0 Å². The molecule has 3 saturated heterocycles. The Hall–Kier alpha value is -8.35. The summed E-state index contributed by atoms with van der Waals surface area (Å²) in [4.78, 5) is 42.8. The van der Waals surface area contributed by atoms with Gasteiger partial charge < -0.3 is 76.5 Å². The van der Waals surface area contributed by atoms with Crippen molar-refractivity contribution in [3.63, 3.8) is 0 Å². The van der Waals surface area contributed by atoms with Crippen molar-refractivity contribution in [2.24, 2.45) is 0 Å². The molecule has 15 atom stereocenters. The summed E-state index contributed by atoms with van der Waals surface area (Å²) in [7, 11) is 1.20. The van der Waals surface area contributed by atoms with Crippen LogP contribution < -0.4 is 0 Å². The fourth-order valence-electron chi connectivity index (χ4n) is 11.5. The number of carboxylic acid groups (broad SMARTS) is 2. The minimum Gasteiger partial charge on any atom is -0.479 e. The molecular weight excluding hydrogens is 1200 g/mol. The number of methoxy groups -OCH3 is 1. The molecule has 11 rings (SSSR count). The molecule has 0 saturated carbocycles. The van der Waals surface area contributed by atoms with Gasteiger partial charge >= 0.3 is 17.9 Å². The van der Waals surface area contributed by atoms with Crippen LogP contribution in [0.1, 0.15) is 44.5 Å². The molecule has 0 aliphatic carbocycles. The van der Waals surface area contributed by atoms with E-state index < -0.39 is 110 Å². The highest BCUT2D eigenvalue weighted by molar-refractivity contribution is 5.76. The van der Waals surface area contributed by atoms with Crippen LogP contribution in [0, 0.1) is 0 Å². The summed E-state index contributed by atoms with van der Waals surface area (Å²) in [6, 6.07) is 74.3. The normalized spacial score (nSPS) is 26.0. The average Bonchev–Trinajstić information content (AvgIpc) is 0.769. The van der Waals surface area contributed by atoms with Gasteiger partial charge in [0.25, 0.3) is 0 Å². The lowest BCUT2D eigenvalue weighted by Crippen LogP contribution is -2.69. The van der Waals surface area contributed by atoms with Gasteiger partial charge in [-0.25, -0.2) is 14.4 Å². The van der Waals surface area contributed by atoms with Gasteiger partial charge in [-0.2, -0.15) is 0 Å². The van der Waals surface area contributed by atoms with Crippen LogP contribution in [-0.4, -0.2) is 127 Å². The first-order valence-electron chi connectivity index (χ1n) is 31.2. The lowest BCUT2D eigenvalue weighted by atomic mass is 9.94. The summed E-state index contributed by atoms with van der Waals surface area (Å²) in [6.07, 6.45) is -23.0. The molecule has 490 valence electrons. The molecular formula is C75H76O19. The molecule has 0 radical (unpaired) electrons. The van der Waals surface area contributed by atoms with Gasteiger partial charge in [-0.3, -0.25) is 0 Å². The zero-order valence-corrected chi connectivity index (χ0v) is 51.7. The molecule has 0 bridgehead atoms. The first-order valence-corrected chi connectivity index (χ1v) is 31.2. The van der Waals surface area contributed by atoms with Gasteiger partial charge in [-0.05, 0) is 44.5 Å². The van der Waals surface area contributed by atoms with E-state index in [-0.39, 0.29) is 52.9 Å². The fraction of sp³-hybridized carbons (Fsp3) is 0.320. The Labute approximate surface area is 545 Å². The number of carbonyl (C=O) groups excluding carboxylic acids is 1. The Morgan fingerprint density at radius 2 is 0.489 bits per heavy atom. The predicted octanol–water partition coefficient (Wildman–Crippen LogP) is 10.6. The Bertz CT molecular complexity index is 3530. The molecule has 0 aromatic heterocycles. The van der Waals surface area contributed by atoms with E-state index in [1.807, 2.05) is 243 Å². The molecule has 19 heteroatoms. The van der Waals surface area contributed by atoms with Crippen molar-refractivity contribution in [2.45, 2.75) is 145 Å². The summed E-state index contributed by atoms with van der Waals surface area (Å²) in [6.45, 7) is -0.399. The molecule has 0 spiro atoms. The van der Waals surface area contributed by atoms with E-state index in [9.17, 15) is 24.6 Å². The maximum absolute atomic E-state index is 14.6. The zero-order chi connectivity index (χ0) is 64.9. The molecule has 3 aliphatic heterocycles. The Kier molecular flexibility index (Phi) is 24.4. The highest BCUT2D eigenvalue weighted by Crippen LogP contribution is 2.40. The molecule has 8 aromatic rings. The van der Waals surface area contributed by atoms with Crippen molar-refractivity contribution < 1.29 is 90.9 Å². The third-order valence-electron chi connectivity index (χ3n) is 16.2. The third-order valence-corrected chi connectivity index (χ3v) is 16.2. The van der Waals surface area contributed by atoms with E-state index in [2.05, 4.69) is 0 Å². The lowest BCUT2D eigenvalue weighted by Gasteiger charge is -2.50. The van der Waals surface area contributed by atoms with Crippen molar-refractivity contribution in [3.8, 4) is 0 Å². The topological polar surface area (TPSA) is 221 Å². The first-order chi connectivity index (χ1) is 46.1. The van der Waals surface area contributed by atoms with Crippen LogP contribution in [0.15, 0.2) is 243 Å². The van der Waals surface area contributed by atoms with Crippen LogP contribution in [0.5, 0.6) is 0 Å². The highest BCUT2D eigenvalue weighted by Gasteiger charge is 2.60. The lowest BCUT2D eigenvalue weighted by molar-refractivity contribution is -0.386. The Morgan fingerprint density at radius 3 is 0.766 bits per heavy atom. The number of hydrogen-bond acceptors (Lipinski definition) is 17. The molecule has 8 aromatic carbocycles. The minimum absolute atomic E-state index is 0.0270. The van der Waals surface area contributed by atoms with E-state index >= 15 is 0 Å². The number of ether oxygens (including phenoxy) is 14. The second-order valence-electron chi connectivity index (χ2n) is 22.8. The van der Waals surface area contributed by atoms with Crippen LogP contribution in [-0.2, 0) is 134 Å². The molecule has 94 heavy (non-hydrogen) atoms. The summed E-state index contributed by atoms with van der Waals surface area (Å²) in [5, 5.41) is 23.0. The zero-order valence-electron chi connectivity index (χ0n) is 51.7. The average molecular weight is 1280 g/mol. The predicted molar refractivity (Wildman–Crippen MR) is 339 cm³/mol. The van der Waals surface area contributed by atoms with Crippen LogP contribution in [0.2, 0.25) is 0 Å². The van der Waals surface area contributed by atoms with E-state index in [1.54, 1.807) is 0 Å². The number of esters is 1. The fourth-order valence-corrected chi connectivity index (χ4v) is 11.5. The maximum atomic E-state index is 14.6. The molecule has 3 fully saturated rings. The summed E-state index contributed by atoms with van der Waals surface area (Å²) < 4.78 is 94.4. The van der Waals surface area contributed by atoms with Gasteiger partial charge in [0.15, 0.2) is 37.2 Å². The third kappa shape index (κ3) is 18.1. The van der Waals surface area contributed by atoms with Crippen LogP contribution in [0.4, 0.5) is 0 Å². The van der Waals surface area contributed by atoms with Crippen molar-refractivity contribution in [2.75, 3.05) is 7.11 Å². The Morgan fingerprint density at radius 1 is 0.277 bits per heavy atom. The van der Waals surface area contributed by atoms with Gasteiger partial charge in [0.05, 0.1) is 60.0 Å². The Balaban J connectivity index is 1.01. The van der Waals surface area contributed by atoms with Gasteiger partial charge in [0, 0.05) is 0 Å². The smallest absolute Gasteiger partial charge is 0.337 e. The molecule has 3 heterocycles.